The second-order valence-corrected chi connectivity index (χ2v) is 6.96. The van der Waals surface area contributed by atoms with Crippen molar-refractivity contribution in [2.45, 2.75) is 38.4 Å². The number of nitrogens with zero attached hydrogens (tertiary/aromatic N) is 2. The maximum atomic E-state index is 12.2. The van der Waals surface area contributed by atoms with Gasteiger partial charge in [-0.3, -0.25) is 14.6 Å². The molecule has 24 heavy (non-hydrogen) atoms. The Bertz CT molecular complexity index is 610. The van der Waals surface area contributed by atoms with Crippen molar-refractivity contribution in [1.82, 2.24) is 15.1 Å². The topological polar surface area (TPSA) is 54.0 Å². The van der Waals surface area contributed by atoms with Crippen LogP contribution in [0.5, 0.6) is 11.5 Å². The summed E-state index contributed by atoms with van der Waals surface area (Å²) in [6, 6.07) is 6.56. The first-order chi connectivity index (χ1) is 11.7. The largest absolute Gasteiger partial charge is 0.454 e. The summed E-state index contributed by atoms with van der Waals surface area (Å²) in [5, 5.41) is 3.11. The summed E-state index contributed by atoms with van der Waals surface area (Å²) in [4.78, 5) is 16.9. The summed E-state index contributed by atoms with van der Waals surface area (Å²) in [7, 11) is 0. The van der Waals surface area contributed by atoms with E-state index >= 15 is 0 Å². The number of rotatable bonds is 5. The Morgan fingerprint density at radius 1 is 1.21 bits per heavy atom. The Labute approximate surface area is 142 Å². The van der Waals surface area contributed by atoms with E-state index in [-0.39, 0.29) is 11.9 Å². The number of carbonyl (C=O) groups excluding carboxylic acids is 1. The van der Waals surface area contributed by atoms with Crippen molar-refractivity contribution in [3.8, 4) is 11.5 Å². The van der Waals surface area contributed by atoms with Gasteiger partial charge in [0.25, 0.3) is 0 Å². The molecule has 4 rings (SSSR count). The summed E-state index contributed by atoms with van der Waals surface area (Å²) in [6.07, 6.45) is 2.28. The predicted molar refractivity (Wildman–Crippen MR) is 90.0 cm³/mol. The molecule has 1 aliphatic carbocycles. The van der Waals surface area contributed by atoms with Crippen LogP contribution in [0, 0.1) is 0 Å². The SMILES string of the molecule is C[C@@H](C(=O)NC1CC1)N1CCN(Cc2ccc3c(c2)OCO3)CC1. The van der Waals surface area contributed by atoms with Crippen LogP contribution in [0.3, 0.4) is 0 Å². The highest BCUT2D eigenvalue weighted by molar-refractivity contribution is 5.81. The maximum absolute atomic E-state index is 12.2. The van der Waals surface area contributed by atoms with E-state index in [4.69, 9.17) is 9.47 Å². The monoisotopic (exact) mass is 331 g/mol. The molecule has 0 unspecified atom stereocenters. The van der Waals surface area contributed by atoms with E-state index in [0.29, 0.717) is 12.8 Å². The Kier molecular flexibility index (Phi) is 4.33. The van der Waals surface area contributed by atoms with Crippen molar-refractivity contribution in [3.05, 3.63) is 23.8 Å². The number of hydrogen-bond acceptors (Lipinski definition) is 5. The first kappa shape index (κ1) is 15.7. The Hall–Kier alpha value is -1.79. The van der Waals surface area contributed by atoms with Gasteiger partial charge in [0.15, 0.2) is 11.5 Å². The number of ether oxygens (including phenoxy) is 2. The normalized spacial score (nSPS) is 22.4. The molecule has 0 radical (unpaired) electrons. The zero-order chi connectivity index (χ0) is 16.5. The van der Waals surface area contributed by atoms with E-state index in [0.717, 1.165) is 57.1 Å². The second-order valence-electron chi connectivity index (χ2n) is 6.96. The Morgan fingerprint density at radius 3 is 2.71 bits per heavy atom. The third-order valence-electron chi connectivity index (χ3n) is 5.10. The standard InChI is InChI=1S/C18H25N3O3/c1-13(18(22)19-15-3-4-15)21-8-6-20(7-9-21)11-14-2-5-16-17(10-14)24-12-23-16/h2,5,10,13,15H,3-4,6-9,11-12H2,1H3,(H,19,22)/t13-/m0/s1. The number of amides is 1. The summed E-state index contributed by atoms with van der Waals surface area (Å²) < 4.78 is 10.8. The average molecular weight is 331 g/mol. The summed E-state index contributed by atoms with van der Waals surface area (Å²) in [5.74, 6) is 1.86. The molecule has 1 atom stereocenters. The zero-order valence-corrected chi connectivity index (χ0v) is 14.2. The van der Waals surface area contributed by atoms with Gasteiger partial charge < -0.3 is 14.8 Å². The van der Waals surface area contributed by atoms with Crippen LogP contribution in [-0.4, -0.2) is 60.8 Å². The van der Waals surface area contributed by atoms with Gasteiger partial charge in [-0.1, -0.05) is 6.07 Å². The first-order valence-electron chi connectivity index (χ1n) is 8.84. The molecule has 1 aromatic carbocycles. The molecule has 1 N–H and O–H groups in total. The Balaban J connectivity index is 1.27. The van der Waals surface area contributed by atoms with Crippen LogP contribution >= 0.6 is 0 Å². The van der Waals surface area contributed by atoms with Gasteiger partial charge >= 0.3 is 0 Å². The fraction of sp³-hybridized carbons (Fsp3) is 0.611. The zero-order valence-electron chi connectivity index (χ0n) is 14.2. The summed E-state index contributed by atoms with van der Waals surface area (Å²) in [5.41, 5.74) is 1.24. The molecule has 6 heteroatoms. The van der Waals surface area contributed by atoms with Gasteiger partial charge in [-0.2, -0.15) is 0 Å². The quantitative estimate of drug-likeness (QED) is 0.879. The Morgan fingerprint density at radius 2 is 1.96 bits per heavy atom. The van der Waals surface area contributed by atoms with E-state index in [1.165, 1.54) is 5.56 Å². The minimum Gasteiger partial charge on any atom is -0.454 e. The number of piperazine rings is 1. The molecule has 0 spiro atoms. The van der Waals surface area contributed by atoms with Crippen LogP contribution in [0.25, 0.3) is 0 Å². The van der Waals surface area contributed by atoms with Crippen molar-refractivity contribution in [3.63, 3.8) is 0 Å². The number of nitrogens with one attached hydrogen (secondary N) is 1. The molecule has 0 aromatic heterocycles. The van der Waals surface area contributed by atoms with Gasteiger partial charge in [0.2, 0.25) is 12.7 Å². The van der Waals surface area contributed by atoms with Gasteiger partial charge in [-0.25, -0.2) is 0 Å². The van der Waals surface area contributed by atoms with Crippen LogP contribution in [0.4, 0.5) is 0 Å². The molecule has 0 bridgehead atoms. The van der Waals surface area contributed by atoms with Crippen LogP contribution in [0.1, 0.15) is 25.3 Å². The van der Waals surface area contributed by atoms with Crippen LogP contribution in [0.15, 0.2) is 18.2 Å². The molecule has 2 aliphatic heterocycles. The smallest absolute Gasteiger partial charge is 0.237 e. The molecule has 1 saturated carbocycles. The van der Waals surface area contributed by atoms with Crippen LogP contribution in [-0.2, 0) is 11.3 Å². The van der Waals surface area contributed by atoms with Gasteiger partial charge in [-0.15, -0.1) is 0 Å². The molecular weight excluding hydrogens is 306 g/mol. The third-order valence-corrected chi connectivity index (χ3v) is 5.10. The molecule has 1 aromatic rings. The first-order valence-corrected chi connectivity index (χ1v) is 8.84. The van der Waals surface area contributed by atoms with Gasteiger partial charge in [0.1, 0.15) is 0 Å². The molecule has 130 valence electrons. The van der Waals surface area contributed by atoms with Crippen molar-refractivity contribution in [2.24, 2.45) is 0 Å². The molecule has 1 saturated heterocycles. The lowest BCUT2D eigenvalue weighted by atomic mass is 10.1. The molecule has 2 fully saturated rings. The lowest BCUT2D eigenvalue weighted by molar-refractivity contribution is -0.126. The van der Waals surface area contributed by atoms with Crippen molar-refractivity contribution >= 4 is 5.91 Å². The number of hydrogen-bond donors (Lipinski definition) is 1. The fourth-order valence-corrected chi connectivity index (χ4v) is 3.32. The highest BCUT2D eigenvalue weighted by Gasteiger charge is 2.30. The van der Waals surface area contributed by atoms with Gasteiger partial charge in [0.05, 0.1) is 6.04 Å². The second kappa shape index (κ2) is 6.61. The maximum Gasteiger partial charge on any atom is 0.237 e. The van der Waals surface area contributed by atoms with E-state index < -0.39 is 0 Å². The fourth-order valence-electron chi connectivity index (χ4n) is 3.32. The lowest BCUT2D eigenvalue weighted by Crippen LogP contribution is -2.53. The summed E-state index contributed by atoms with van der Waals surface area (Å²) in [6.45, 7) is 7.08. The predicted octanol–water partition coefficient (Wildman–Crippen LogP) is 1.20. The van der Waals surface area contributed by atoms with Crippen LogP contribution < -0.4 is 14.8 Å². The highest BCUT2D eigenvalue weighted by atomic mass is 16.7. The molecular formula is C18H25N3O3. The van der Waals surface area contributed by atoms with E-state index in [1.807, 2.05) is 13.0 Å². The number of fused-ring (bicyclic) bond motifs is 1. The number of carbonyl (C=O) groups is 1. The van der Waals surface area contributed by atoms with Crippen molar-refractivity contribution < 1.29 is 14.3 Å². The number of benzene rings is 1. The minimum atomic E-state index is -0.0294. The van der Waals surface area contributed by atoms with E-state index in [1.54, 1.807) is 0 Å². The van der Waals surface area contributed by atoms with E-state index in [9.17, 15) is 4.79 Å². The lowest BCUT2D eigenvalue weighted by Gasteiger charge is -2.37. The average Bonchev–Trinajstić information content (AvgIpc) is 3.29. The summed E-state index contributed by atoms with van der Waals surface area (Å²) >= 11 is 0. The molecule has 6 nitrogen and oxygen atoms in total. The van der Waals surface area contributed by atoms with E-state index in [2.05, 4.69) is 27.2 Å². The van der Waals surface area contributed by atoms with Crippen molar-refractivity contribution in [1.29, 1.82) is 0 Å². The third kappa shape index (κ3) is 3.49. The van der Waals surface area contributed by atoms with Crippen molar-refractivity contribution in [2.75, 3.05) is 33.0 Å². The van der Waals surface area contributed by atoms with Crippen LogP contribution in [0.2, 0.25) is 0 Å². The van der Waals surface area contributed by atoms with Gasteiger partial charge in [0, 0.05) is 38.8 Å². The molecule has 2 heterocycles. The molecule has 1 amide bonds. The minimum absolute atomic E-state index is 0.0294. The van der Waals surface area contributed by atoms with Gasteiger partial charge in [-0.05, 0) is 37.5 Å². The highest BCUT2D eigenvalue weighted by Crippen LogP contribution is 2.32. The molecule has 3 aliphatic rings.